The van der Waals surface area contributed by atoms with Gasteiger partial charge >= 0.3 is 5.97 Å². The van der Waals surface area contributed by atoms with Crippen molar-refractivity contribution in [2.45, 2.75) is 38.8 Å². The Bertz CT molecular complexity index is 319. The summed E-state index contributed by atoms with van der Waals surface area (Å²) in [5.41, 5.74) is 0. The maximum absolute atomic E-state index is 11.6. The highest BCUT2D eigenvalue weighted by molar-refractivity contribution is 5.76. The van der Waals surface area contributed by atoms with Gasteiger partial charge < -0.3 is 9.64 Å². The molecule has 0 saturated carbocycles. The lowest BCUT2D eigenvalue weighted by Crippen LogP contribution is -2.49. The maximum Gasteiger partial charge on any atom is 0.323 e. The van der Waals surface area contributed by atoms with Crippen molar-refractivity contribution in [3.05, 3.63) is 0 Å². The van der Waals surface area contributed by atoms with Crippen LogP contribution in [0.2, 0.25) is 0 Å². The summed E-state index contributed by atoms with van der Waals surface area (Å²) in [4.78, 5) is 24.8. The molecule has 1 N–H and O–H groups in total. The molecule has 0 radical (unpaired) electrons. The highest BCUT2D eigenvalue weighted by Crippen LogP contribution is 2.29. The van der Waals surface area contributed by atoms with Crippen LogP contribution < -0.4 is 5.32 Å². The first-order valence-corrected chi connectivity index (χ1v) is 6.30. The Morgan fingerprint density at radius 3 is 2.88 bits per heavy atom. The van der Waals surface area contributed by atoms with Crippen molar-refractivity contribution in [3.8, 4) is 0 Å². The van der Waals surface area contributed by atoms with Gasteiger partial charge in [0, 0.05) is 26.1 Å². The van der Waals surface area contributed by atoms with Crippen LogP contribution in [0.3, 0.4) is 0 Å². The lowest BCUT2D eigenvalue weighted by Gasteiger charge is -2.34. The number of nitrogens with one attached hydrogen (secondary N) is 1. The quantitative estimate of drug-likeness (QED) is 0.698. The molecule has 0 aromatic heterocycles. The minimum Gasteiger partial charge on any atom is -0.465 e. The monoisotopic (exact) mass is 240 g/mol. The molecule has 2 saturated heterocycles. The number of nitrogens with zero attached hydrogens (tertiary/aromatic N) is 1. The molecule has 2 fully saturated rings. The molecule has 0 unspecified atom stereocenters. The lowest BCUT2D eigenvalue weighted by molar-refractivity contribution is -0.145. The van der Waals surface area contributed by atoms with Crippen molar-refractivity contribution in [3.63, 3.8) is 0 Å². The van der Waals surface area contributed by atoms with Crippen LogP contribution in [0.4, 0.5) is 0 Å². The Morgan fingerprint density at radius 2 is 2.24 bits per heavy atom. The molecule has 5 heteroatoms. The van der Waals surface area contributed by atoms with Crippen LogP contribution >= 0.6 is 0 Å². The number of ether oxygens (including phenoxy) is 1. The minimum atomic E-state index is -0.183. The van der Waals surface area contributed by atoms with E-state index in [9.17, 15) is 9.59 Å². The van der Waals surface area contributed by atoms with E-state index in [1.54, 1.807) is 6.92 Å². The summed E-state index contributed by atoms with van der Waals surface area (Å²) in [7, 11) is 0. The number of carbonyl (C=O) groups excluding carboxylic acids is 2. The average molecular weight is 240 g/mol. The third kappa shape index (κ3) is 2.60. The van der Waals surface area contributed by atoms with Gasteiger partial charge in [0.15, 0.2) is 0 Å². The van der Waals surface area contributed by atoms with Crippen molar-refractivity contribution in [2.75, 3.05) is 19.7 Å². The molecule has 96 valence electrons. The summed E-state index contributed by atoms with van der Waals surface area (Å²) in [5, 5.41) is 3.29. The fourth-order valence-electron chi connectivity index (χ4n) is 2.79. The summed E-state index contributed by atoms with van der Waals surface area (Å²) in [5.74, 6) is 0.459. The molecule has 2 heterocycles. The third-order valence-corrected chi connectivity index (χ3v) is 3.73. The third-order valence-electron chi connectivity index (χ3n) is 3.73. The standard InChI is InChI=1S/C12H20N2O3/c1-3-17-12(16)10-6-9-4-5-14(8(2)15)7-11(9)13-10/h9-11,13H,3-7H2,1-2H3/t9-,10+,11-/m1/s1. The van der Waals surface area contributed by atoms with Crippen LogP contribution in [0.5, 0.6) is 0 Å². The highest BCUT2D eigenvalue weighted by atomic mass is 16.5. The summed E-state index contributed by atoms with van der Waals surface area (Å²) < 4.78 is 5.02. The summed E-state index contributed by atoms with van der Waals surface area (Å²) in [6.45, 7) is 5.37. The van der Waals surface area contributed by atoms with Crippen LogP contribution in [-0.2, 0) is 14.3 Å². The van der Waals surface area contributed by atoms with Gasteiger partial charge in [0.25, 0.3) is 0 Å². The van der Waals surface area contributed by atoms with E-state index >= 15 is 0 Å². The molecule has 0 aromatic carbocycles. The van der Waals surface area contributed by atoms with E-state index in [1.807, 2.05) is 11.8 Å². The Labute approximate surface area is 101 Å². The molecule has 0 bridgehead atoms. The molecule has 2 aliphatic heterocycles. The van der Waals surface area contributed by atoms with Gasteiger partial charge in [-0.15, -0.1) is 0 Å². The predicted octanol–water partition coefficient (Wildman–Crippen LogP) is 0.148. The first-order chi connectivity index (χ1) is 8.11. The van der Waals surface area contributed by atoms with Crippen LogP contribution in [0.15, 0.2) is 0 Å². The Balaban J connectivity index is 1.92. The minimum absolute atomic E-state index is 0.116. The van der Waals surface area contributed by atoms with Gasteiger partial charge in [-0.25, -0.2) is 0 Å². The zero-order valence-electron chi connectivity index (χ0n) is 10.4. The average Bonchev–Trinajstić information content (AvgIpc) is 2.71. The topological polar surface area (TPSA) is 58.6 Å². The molecule has 3 atom stereocenters. The maximum atomic E-state index is 11.6. The van der Waals surface area contributed by atoms with Gasteiger partial charge in [0.05, 0.1) is 6.61 Å². The molecule has 17 heavy (non-hydrogen) atoms. The van der Waals surface area contributed by atoms with E-state index in [-0.39, 0.29) is 24.0 Å². The molecule has 2 rings (SSSR count). The van der Waals surface area contributed by atoms with Gasteiger partial charge in [0.1, 0.15) is 6.04 Å². The number of amides is 1. The number of rotatable bonds is 2. The second-order valence-corrected chi connectivity index (χ2v) is 4.83. The van der Waals surface area contributed by atoms with E-state index in [1.165, 1.54) is 0 Å². The van der Waals surface area contributed by atoms with Gasteiger partial charge in [-0.1, -0.05) is 0 Å². The Morgan fingerprint density at radius 1 is 1.47 bits per heavy atom. The summed E-state index contributed by atoms with van der Waals surface area (Å²) in [6.07, 6.45) is 1.82. The molecular formula is C12H20N2O3. The van der Waals surface area contributed by atoms with E-state index in [4.69, 9.17) is 4.74 Å². The van der Waals surface area contributed by atoms with Crippen LogP contribution in [0.1, 0.15) is 26.7 Å². The molecular weight excluding hydrogens is 220 g/mol. The largest absolute Gasteiger partial charge is 0.465 e. The van der Waals surface area contributed by atoms with E-state index in [0.29, 0.717) is 12.5 Å². The van der Waals surface area contributed by atoms with Crippen LogP contribution in [0, 0.1) is 5.92 Å². The number of esters is 1. The Hall–Kier alpha value is -1.10. The first kappa shape index (κ1) is 12.4. The van der Waals surface area contributed by atoms with Crippen molar-refractivity contribution in [2.24, 2.45) is 5.92 Å². The first-order valence-electron chi connectivity index (χ1n) is 6.30. The van der Waals surface area contributed by atoms with E-state index in [2.05, 4.69) is 5.32 Å². The van der Waals surface area contributed by atoms with Gasteiger partial charge in [0.2, 0.25) is 5.91 Å². The summed E-state index contributed by atoms with van der Waals surface area (Å²) in [6, 6.07) is 0.0684. The second-order valence-electron chi connectivity index (χ2n) is 4.83. The molecule has 1 amide bonds. The van der Waals surface area contributed by atoms with Gasteiger partial charge in [-0.2, -0.15) is 0 Å². The van der Waals surface area contributed by atoms with Crippen molar-refractivity contribution in [1.82, 2.24) is 10.2 Å². The number of piperidine rings is 1. The molecule has 0 aliphatic carbocycles. The zero-order chi connectivity index (χ0) is 12.4. The highest BCUT2D eigenvalue weighted by Gasteiger charge is 2.41. The van der Waals surface area contributed by atoms with Crippen LogP contribution in [0.25, 0.3) is 0 Å². The SMILES string of the molecule is CCOC(=O)[C@@H]1C[C@H]2CCN(C(C)=O)C[C@H]2N1. The fraction of sp³-hybridized carbons (Fsp3) is 0.833. The molecule has 2 aliphatic rings. The molecule has 0 aromatic rings. The number of likely N-dealkylation sites (tertiary alicyclic amines) is 1. The number of carbonyl (C=O) groups is 2. The van der Waals surface area contributed by atoms with Crippen LogP contribution in [-0.4, -0.2) is 48.6 Å². The van der Waals surface area contributed by atoms with Crippen molar-refractivity contribution < 1.29 is 14.3 Å². The van der Waals surface area contributed by atoms with Crippen molar-refractivity contribution >= 4 is 11.9 Å². The van der Waals surface area contributed by atoms with E-state index in [0.717, 1.165) is 25.9 Å². The lowest BCUT2D eigenvalue weighted by atomic mass is 9.91. The molecule has 0 spiro atoms. The Kier molecular flexibility index (Phi) is 3.66. The zero-order valence-corrected chi connectivity index (χ0v) is 10.4. The van der Waals surface area contributed by atoms with Gasteiger partial charge in [-0.05, 0) is 25.7 Å². The fourth-order valence-corrected chi connectivity index (χ4v) is 2.79. The van der Waals surface area contributed by atoms with Crippen molar-refractivity contribution in [1.29, 1.82) is 0 Å². The number of hydrogen-bond acceptors (Lipinski definition) is 4. The predicted molar refractivity (Wildman–Crippen MR) is 62.3 cm³/mol. The number of fused-ring (bicyclic) bond motifs is 1. The van der Waals surface area contributed by atoms with Gasteiger partial charge in [-0.3, -0.25) is 14.9 Å². The molecule has 5 nitrogen and oxygen atoms in total. The second kappa shape index (κ2) is 5.04. The number of hydrogen-bond donors (Lipinski definition) is 1. The smallest absolute Gasteiger partial charge is 0.323 e. The normalized spacial score (nSPS) is 32.1. The van der Waals surface area contributed by atoms with E-state index < -0.39 is 0 Å². The summed E-state index contributed by atoms with van der Waals surface area (Å²) >= 11 is 0.